The highest BCUT2D eigenvalue weighted by Crippen LogP contribution is 2.27. The fourth-order valence-electron chi connectivity index (χ4n) is 3.09. The van der Waals surface area contributed by atoms with Crippen molar-refractivity contribution in [2.24, 2.45) is 0 Å². The molecule has 1 saturated heterocycles. The lowest BCUT2D eigenvalue weighted by Crippen LogP contribution is -2.33. The van der Waals surface area contributed by atoms with Crippen LogP contribution in [0.5, 0.6) is 0 Å². The normalized spacial score (nSPS) is 21.3. The number of aromatic nitrogens is 2. The van der Waals surface area contributed by atoms with Crippen molar-refractivity contribution in [2.75, 3.05) is 26.7 Å². The second-order valence-electron chi connectivity index (χ2n) is 5.48. The first-order valence-electron chi connectivity index (χ1n) is 6.89. The number of nitrogens with one attached hydrogen (secondary N) is 1. The van der Waals surface area contributed by atoms with E-state index in [0.717, 1.165) is 50.2 Å². The molecule has 2 aliphatic rings. The number of nitrogens with zero attached hydrogens (tertiary/aromatic N) is 3. The summed E-state index contributed by atoms with van der Waals surface area (Å²) in [5.74, 6) is -0.911. The van der Waals surface area contributed by atoms with Crippen LogP contribution < -0.4 is 5.32 Å². The van der Waals surface area contributed by atoms with E-state index < -0.39 is 5.97 Å². The molecule has 0 atom stereocenters. The molecule has 104 valence electrons. The molecule has 0 radical (unpaired) electrons. The number of carboxylic acids is 1. The molecule has 3 heterocycles. The van der Waals surface area contributed by atoms with E-state index in [1.54, 1.807) is 0 Å². The first-order chi connectivity index (χ1) is 9.16. The number of aromatic carboxylic acids is 1. The van der Waals surface area contributed by atoms with Crippen molar-refractivity contribution < 1.29 is 9.90 Å². The van der Waals surface area contributed by atoms with Gasteiger partial charge < -0.3 is 15.3 Å². The van der Waals surface area contributed by atoms with E-state index in [4.69, 9.17) is 0 Å². The summed E-state index contributed by atoms with van der Waals surface area (Å²) >= 11 is 0. The zero-order chi connectivity index (χ0) is 13.4. The Bertz CT molecular complexity index is 489. The first kappa shape index (κ1) is 12.6. The number of carbonyl (C=O) groups is 1. The summed E-state index contributed by atoms with van der Waals surface area (Å²) in [4.78, 5) is 13.6. The third-order valence-corrected chi connectivity index (χ3v) is 4.20. The number of carboxylic acid groups (broad SMARTS) is 1. The average Bonchev–Trinajstić information content (AvgIpc) is 2.79. The molecule has 0 spiro atoms. The summed E-state index contributed by atoms with van der Waals surface area (Å²) in [5, 5.41) is 16.9. The van der Waals surface area contributed by atoms with Gasteiger partial charge in [-0.25, -0.2) is 4.79 Å². The van der Waals surface area contributed by atoms with E-state index in [-0.39, 0.29) is 5.69 Å². The molecular weight excluding hydrogens is 244 g/mol. The molecule has 0 aliphatic carbocycles. The Morgan fingerprint density at radius 3 is 2.84 bits per heavy atom. The van der Waals surface area contributed by atoms with Crippen molar-refractivity contribution in [1.29, 1.82) is 0 Å². The van der Waals surface area contributed by atoms with Crippen LogP contribution >= 0.6 is 0 Å². The first-order valence-corrected chi connectivity index (χ1v) is 6.89. The molecule has 1 aromatic rings. The quantitative estimate of drug-likeness (QED) is 0.813. The number of likely N-dealkylation sites (tertiary alicyclic amines) is 1. The van der Waals surface area contributed by atoms with E-state index >= 15 is 0 Å². The van der Waals surface area contributed by atoms with Crippen LogP contribution in [-0.2, 0) is 13.0 Å². The molecule has 6 nitrogen and oxygen atoms in total. The highest BCUT2D eigenvalue weighted by molar-refractivity contribution is 5.87. The SMILES string of the molecule is CN1CCC(n2nc(C(=O)O)c3c2CCNC3)CC1. The summed E-state index contributed by atoms with van der Waals surface area (Å²) in [6, 6.07) is 0.358. The van der Waals surface area contributed by atoms with Crippen LogP contribution in [0.2, 0.25) is 0 Å². The molecule has 1 fully saturated rings. The van der Waals surface area contributed by atoms with Crippen molar-refractivity contribution in [3.05, 3.63) is 17.0 Å². The van der Waals surface area contributed by atoms with Gasteiger partial charge in [0, 0.05) is 30.8 Å². The number of hydrogen-bond donors (Lipinski definition) is 2. The van der Waals surface area contributed by atoms with Gasteiger partial charge in [0.2, 0.25) is 0 Å². The lowest BCUT2D eigenvalue weighted by molar-refractivity contribution is 0.0687. The van der Waals surface area contributed by atoms with Crippen molar-refractivity contribution in [1.82, 2.24) is 20.0 Å². The summed E-state index contributed by atoms with van der Waals surface area (Å²) in [5.41, 5.74) is 2.25. The number of hydrogen-bond acceptors (Lipinski definition) is 4. The van der Waals surface area contributed by atoms with E-state index in [0.29, 0.717) is 12.6 Å². The molecule has 2 N–H and O–H groups in total. The van der Waals surface area contributed by atoms with E-state index in [9.17, 15) is 9.90 Å². The standard InChI is InChI=1S/C13H20N4O2/c1-16-6-3-9(4-7-16)17-11-2-5-14-8-10(11)12(15-17)13(18)19/h9,14H,2-8H2,1H3,(H,18,19). The van der Waals surface area contributed by atoms with Crippen molar-refractivity contribution in [3.8, 4) is 0 Å². The third-order valence-electron chi connectivity index (χ3n) is 4.20. The van der Waals surface area contributed by atoms with Gasteiger partial charge in [-0.05, 0) is 33.0 Å². The lowest BCUT2D eigenvalue weighted by atomic mass is 10.0. The van der Waals surface area contributed by atoms with E-state index in [2.05, 4.69) is 22.4 Å². The Hall–Kier alpha value is -1.40. The largest absolute Gasteiger partial charge is 0.476 e. The van der Waals surface area contributed by atoms with Gasteiger partial charge >= 0.3 is 5.97 Å². The Morgan fingerprint density at radius 2 is 2.16 bits per heavy atom. The van der Waals surface area contributed by atoms with Gasteiger partial charge in [-0.1, -0.05) is 0 Å². The second-order valence-corrected chi connectivity index (χ2v) is 5.48. The summed E-state index contributed by atoms with van der Waals surface area (Å²) < 4.78 is 2.01. The summed E-state index contributed by atoms with van der Waals surface area (Å²) in [7, 11) is 2.13. The van der Waals surface area contributed by atoms with Crippen molar-refractivity contribution in [2.45, 2.75) is 31.8 Å². The Labute approximate surface area is 112 Å². The zero-order valence-corrected chi connectivity index (χ0v) is 11.2. The van der Waals surface area contributed by atoms with Crippen LogP contribution in [0.25, 0.3) is 0 Å². The van der Waals surface area contributed by atoms with Crippen molar-refractivity contribution in [3.63, 3.8) is 0 Å². The Morgan fingerprint density at radius 1 is 1.42 bits per heavy atom. The van der Waals surface area contributed by atoms with Crippen LogP contribution in [0.15, 0.2) is 0 Å². The molecule has 0 saturated carbocycles. The van der Waals surface area contributed by atoms with Gasteiger partial charge in [0.1, 0.15) is 0 Å². The molecule has 1 aromatic heterocycles. The van der Waals surface area contributed by atoms with Crippen LogP contribution in [-0.4, -0.2) is 52.4 Å². The van der Waals surface area contributed by atoms with Gasteiger partial charge in [0.15, 0.2) is 5.69 Å². The van der Waals surface area contributed by atoms with Crippen LogP contribution in [0.4, 0.5) is 0 Å². The minimum absolute atomic E-state index is 0.237. The van der Waals surface area contributed by atoms with Crippen LogP contribution in [0.1, 0.15) is 40.6 Å². The lowest BCUT2D eigenvalue weighted by Gasteiger charge is -2.30. The molecular formula is C13H20N4O2. The Kier molecular flexibility index (Phi) is 3.28. The predicted molar refractivity (Wildman–Crippen MR) is 70.4 cm³/mol. The Balaban J connectivity index is 1.94. The third kappa shape index (κ3) is 2.26. The van der Waals surface area contributed by atoms with Gasteiger partial charge in [-0.3, -0.25) is 4.68 Å². The zero-order valence-electron chi connectivity index (χ0n) is 11.2. The molecule has 0 aromatic carbocycles. The van der Waals surface area contributed by atoms with Gasteiger partial charge in [0.05, 0.1) is 6.04 Å². The fraction of sp³-hybridized carbons (Fsp3) is 0.692. The van der Waals surface area contributed by atoms with Crippen molar-refractivity contribution >= 4 is 5.97 Å². The minimum Gasteiger partial charge on any atom is -0.476 e. The summed E-state index contributed by atoms with van der Waals surface area (Å²) in [6.45, 7) is 3.65. The van der Waals surface area contributed by atoms with Crippen LogP contribution in [0, 0.1) is 0 Å². The van der Waals surface area contributed by atoms with Crippen LogP contribution in [0.3, 0.4) is 0 Å². The molecule has 19 heavy (non-hydrogen) atoms. The second kappa shape index (κ2) is 4.94. The number of piperidine rings is 1. The number of fused-ring (bicyclic) bond motifs is 1. The highest BCUT2D eigenvalue weighted by Gasteiger charge is 2.28. The maximum Gasteiger partial charge on any atom is 0.356 e. The maximum absolute atomic E-state index is 11.3. The van der Waals surface area contributed by atoms with Gasteiger partial charge in [-0.15, -0.1) is 0 Å². The predicted octanol–water partition coefficient (Wildman–Crippen LogP) is 0.494. The van der Waals surface area contributed by atoms with Gasteiger partial charge in [0.25, 0.3) is 0 Å². The van der Waals surface area contributed by atoms with E-state index in [1.165, 1.54) is 0 Å². The highest BCUT2D eigenvalue weighted by atomic mass is 16.4. The fourth-order valence-corrected chi connectivity index (χ4v) is 3.09. The molecule has 3 rings (SSSR count). The minimum atomic E-state index is -0.911. The van der Waals surface area contributed by atoms with E-state index in [1.807, 2.05) is 4.68 Å². The number of rotatable bonds is 2. The monoisotopic (exact) mass is 264 g/mol. The molecule has 6 heteroatoms. The maximum atomic E-state index is 11.3. The smallest absolute Gasteiger partial charge is 0.356 e. The molecule has 0 bridgehead atoms. The summed E-state index contributed by atoms with van der Waals surface area (Å²) in [6.07, 6.45) is 2.98. The van der Waals surface area contributed by atoms with Gasteiger partial charge in [-0.2, -0.15) is 5.10 Å². The molecule has 0 unspecified atom stereocenters. The topological polar surface area (TPSA) is 70.4 Å². The molecule has 2 aliphatic heterocycles. The molecule has 0 amide bonds. The average molecular weight is 264 g/mol.